The van der Waals surface area contributed by atoms with Gasteiger partial charge in [0.25, 0.3) is 5.91 Å². The van der Waals surface area contributed by atoms with Crippen molar-refractivity contribution in [2.75, 3.05) is 0 Å². The normalized spacial score (nSPS) is 26.5. The van der Waals surface area contributed by atoms with Crippen molar-refractivity contribution < 1.29 is 19.1 Å². The number of carboxylic acids is 1. The molecule has 0 radical (unpaired) electrons. The molecule has 1 aromatic heterocycles. The highest BCUT2D eigenvalue weighted by Gasteiger charge is 2.39. The topological polar surface area (TPSA) is 91.6 Å². The minimum absolute atomic E-state index is 0.120. The fourth-order valence-corrected chi connectivity index (χ4v) is 3.51. The lowest BCUT2D eigenvalue weighted by atomic mass is 9.95. The first-order valence-electron chi connectivity index (χ1n) is 7.44. The molecule has 2 bridgehead atoms. The molecule has 3 atom stereocenters. The maximum absolute atomic E-state index is 12.4. The molecular weight excluding hydrogens is 284 g/mol. The highest BCUT2D eigenvalue weighted by Crippen LogP contribution is 2.28. The van der Waals surface area contributed by atoms with Crippen LogP contribution in [0.2, 0.25) is 0 Å². The number of carboxylic acid groups (broad SMARTS) is 1. The van der Waals surface area contributed by atoms with Crippen LogP contribution in [0.5, 0.6) is 0 Å². The summed E-state index contributed by atoms with van der Waals surface area (Å²) in [5.74, 6) is -1.38. The van der Waals surface area contributed by atoms with Gasteiger partial charge in [0.1, 0.15) is 5.58 Å². The van der Waals surface area contributed by atoms with E-state index in [-0.39, 0.29) is 17.7 Å². The van der Waals surface area contributed by atoms with Crippen LogP contribution in [-0.4, -0.2) is 35.1 Å². The van der Waals surface area contributed by atoms with Crippen LogP contribution in [0.4, 0.5) is 0 Å². The third-order valence-corrected chi connectivity index (χ3v) is 4.61. The number of rotatable bonds is 3. The number of aromatic carboxylic acids is 1. The molecule has 2 aliphatic heterocycles. The Morgan fingerprint density at radius 3 is 2.82 bits per heavy atom. The Hall–Kier alpha value is -2.34. The van der Waals surface area contributed by atoms with Gasteiger partial charge in [-0.05, 0) is 37.5 Å². The van der Waals surface area contributed by atoms with E-state index in [1.54, 1.807) is 18.2 Å². The number of benzene rings is 1. The minimum atomic E-state index is -1.12. The van der Waals surface area contributed by atoms with E-state index in [1.807, 2.05) is 0 Å². The van der Waals surface area contributed by atoms with Crippen LogP contribution >= 0.6 is 0 Å². The molecule has 2 aliphatic rings. The lowest BCUT2D eigenvalue weighted by Crippen LogP contribution is -2.42. The number of hydrogen-bond donors (Lipinski definition) is 3. The first-order chi connectivity index (χ1) is 10.6. The standard InChI is InChI=1S/C16H16N2O4/c19-15(18-12-7-10-3-4-11(12)17-10)9-2-1-8-5-14(16(20)21)22-13(8)6-9/h1-2,5-6,10-12,17H,3-4,7H2,(H,18,19)(H,20,21)/t10-,11+,12-/m1/s1. The smallest absolute Gasteiger partial charge is 0.371 e. The summed E-state index contributed by atoms with van der Waals surface area (Å²) >= 11 is 0. The summed E-state index contributed by atoms with van der Waals surface area (Å²) in [5, 5.41) is 16.2. The van der Waals surface area contributed by atoms with Gasteiger partial charge < -0.3 is 20.2 Å². The second-order valence-electron chi connectivity index (χ2n) is 6.03. The van der Waals surface area contributed by atoms with Gasteiger partial charge in [-0.25, -0.2) is 4.79 Å². The molecule has 2 saturated heterocycles. The van der Waals surface area contributed by atoms with Crippen LogP contribution in [0.25, 0.3) is 11.0 Å². The monoisotopic (exact) mass is 300 g/mol. The molecule has 3 N–H and O–H groups in total. The van der Waals surface area contributed by atoms with Crippen LogP contribution in [0.1, 0.15) is 40.2 Å². The Kier molecular flexibility index (Phi) is 2.94. The molecule has 1 amide bonds. The molecule has 2 fully saturated rings. The number of carbonyl (C=O) groups is 2. The summed E-state index contributed by atoms with van der Waals surface area (Å²) in [4.78, 5) is 23.3. The largest absolute Gasteiger partial charge is 0.475 e. The maximum Gasteiger partial charge on any atom is 0.371 e. The molecule has 0 aliphatic carbocycles. The van der Waals surface area contributed by atoms with Gasteiger partial charge in [0.05, 0.1) is 0 Å². The van der Waals surface area contributed by atoms with Crippen molar-refractivity contribution in [2.45, 2.75) is 37.4 Å². The first-order valence-corrected chi connectivity index (χ1v) is 7.44. The van der Waals surface area contributed by atoms with Gasteiger partial charge >= 0.3 is 5.97 Å². The lowest BCUT2D eigenvalue weighted by Gasteiger charge is -2.21. The lowest BCUT2D eigenvalue weighted by molar-refractivity contribution is 0.0665. The average Bonchev–Trinajstić information content (AvgIpc) is 3.20. The van der Waals surface area contributed by atoms with Crippen molar-refractivity contribution in [1.82, 2.24) is 10.6 Å². The summed E-state index contributed by atoms with van der Waals surface area (Å²) in [6.07, 6.45) is 3.27. The zero-order valence-electron chi connectivity index (χ0n) is 11.8. The molecule has 6 nitrogen and oxygen atoms in total. The van der Waals surface area contributed by atoms with Crippen LogP contribution in [0.15, 0.2) is 28.7 Å². The van der Waals surface area contributed by atoms with Crippen LogP contribution in [0.3, 0.4) is 0 Å². The van der Waals surface area contributed by atoms with E-state index >= 15 is 0 Å². The van der Waals surface area contributed by atoms with Crippen molar-refractivity contribution in [3.8, 4) is 0 Å². The highest BCUT2D eigenvalue weighted by atomic mass is 16.4. The molecule has 0 spiro atoms. The number of nitrogens with one attached hydrogen (secondary N) is 2. The second kappa shape index (κ2) is 4.84. The number of amides is 1. The molecule has 2 aromatic rings. The van der Waals surface area contributed by atoms with Crippen LogP contribution in [0, 0.1) is 0 Å². The maximum atomic E-state index is 12.4. The Labute approximate surface area is 126 Å². The first kappa shape index (κ1) is 13.3. The molecule has 0 unspecified atom stereocenters. The van der Waals surface area contributed by atoms with E-state index < -0.39 is 5.97 Å². The zero-order chi connectivity index (χ0) is 15.3. The molecule has 3 heterocycles. The number of fused-ring (bicyclic) bond motifs is 3. The zero-order valence-corrected chi connectivity index (χ0v) is 11.8. The second-order valence-corrected chi connectivity index (χ2v) is 6.03. The van der Waals surface area contributed by atoms with Gasteiger partial charge in [0.15, 0.2) is 0 Å². The summed E-state index contributed by atoms with van der Waals surface area (Å²) in [7, 11) is 0. The van der Waals surface area contributed by atoms with Crippen molar-refractivity contribution in [3.63, 3.8) is 0 Å². The third kappa shape index (κ3) is 2.16. The number of hydrogen-bond acceptors (Lipinski definition) is 4. The summed E-state index contributed by atoms with van der Waals surface area (Å²) in [5.41, 5.74) is 0.901. The predicted molar refractivity (Wildman–Crippen MR) is 79.0 cm³/mol. The molecule has 22 heavy (non-hydrogen) atoms. The molecule has 4 rings (SSSR count). The predicted octanol–water partition coefficient (Wildman–Crippen LogP) is 1.75. The van der Waals surface area contributed by atoms with Gasteiger partial charge in [-0.2, -0.15) is 0 Å². The van der Waals surface area contributed by atoms with E-state index in [0.717, 1.165) is 12.8 Å². The minimum Gasteiger partial charge on any atom is -0.475 e. The number of furan rings is 1. The average molecular weight is 300 g/mol. The summed E-state index contributed by atoms with van der Waals surface area (Å²) < 4.78 is 5.25. The van der Waals surface area contributed by atoms with Crippen LogP contribution < -0.4 is 10.6 Å². The fourth-order valence-electron chi connectivity index (χ4n) is 3.51. The van der Waals surface area contributed by atoms with E-state index in [4.69, 9.17) is 9.52 Å². The van der Waals surface area contributed by atoms with Crippen molar-refractivity contribution in [1.29, 1.82) is 0 Å². The Morgan fingerprint density at radius 2 is 2.14 bits per heavy atom. The van der Waals surface area contributed by atoms with E-state index in [2.05, 4.69) is 10.6 Å². The van der Waals surface area contributed by atoms with E-state index in [1.165, 1.54) is 12.5 Å². The van der Waals surface area contributed by atoms with Crippen molar-refractivity contribution in [2.24, 2.45) is 0 Å². The van der Waals surface area contributed by atoms with Crippen molar-refractivity contribution >= 4 is 22.8 Å². The molecule has 0 saturated carbocycles. The van der Waals surface area contributed by atoms with E-state index in [0.29, 0.717) is 28.6 Å². The van der Waals surface area contributed by atoms with Crippen LogP contribution in [-0.2, 0) is 0 Å². The molecule has 6 heteroatoms. The number of carbonyl (C=O) groups excluding carboxylic acids is 1. The third-order valence-electron chi connectivity index (χ3n) is 4.61. The molecule has 114 valence electrons. The van der Waals surface area contributed by atoms with Gasteiger partial charge in [-0.3, -0.25) is 4.79 Å². The fraction of sp³-hybridized carbons (Fsp3) is 0.375. The van der Waals surface area contributed by atoms with Gasteiger partial charge in [-0.1, -0.05) is 6.07 Å². The quantitative estimate of drug-likeness (QED) is 0.803. The summed E-state index contributed by atoms with van der Waals surface area (Å²) in [6.45, 7) is 0. The highest BCUT2D eigenvalue weighted by molar-refractivity contribution is 5.99. The van der Waals surface area contributed by atoms with Crippen molar-refractivity contribution in [3.05, 3.63) is 35.6 Å². The Morgan fingerprint density at radius 1 is 1.27 bits per heavy atom. The molecule has 1 aromatic carbocycles. The van der Waals surface area contributed by atoms with Gasteiger partial charge in [0.2, 0.25) is 5.76 Å². The van der Waals surface area contributed by atoms with Gasteiger partial charge in [0, 0.05) is 29.1 Å². The SMILES string of the molecule is O=C(N[C@@H]1C[C@H]2CC[C@@H]1N2)c1ccc2cc(C(=O)O)oc2c1. The summed E-state index contributed by atoms with van der Waals surface area (Å²) in [6, 6.07) is 7.53. The Bertz CT molecular complexity index is 767. The molecular formula is C16H16N2O4. The van der Waals surface area contributed by atoms with E-state index in [9.17, 15) is 9.59 Å². The van der Waals surface area contributed by atoms with Gasteiger partial charge in [-0.15, -0.1) is 0 Å². The Balaban J connectivity index is 1.55.